The molecular weight excluding hydrogens is 309 g/mol. The number of imidazole rings is 1. The highest BCUT2D eigenvalue weighted by Crippen LogP contribution is 2.12. The van der Waals surface area contributed by atoms with Gasteiger partial charge in [0.15, 0.2) is 11.1 Å². The first-order valence-electron chi connectivity index (χ1n) is 6.41. The summed E-state index contributed by atoms with van der Waals surface area (Å²) in [7, 11) is 0. The van der Waals surface area contributed by atoms with Crippen LogP contribution in [0.1, 0.15) is 12.5 Å². The van der Waals surface area contributed by atoms with E-state index in [-0.39, 0.29) is 12.4 Å². The normalized spacial score (nSPS) is 11.6. The molecule has 0 saturated carbocycles. The number of aromatic nitrogens is 4. The highest BCUT2D eigenvalue weighted by atomic mass is 35.5. The van der Waals surface area contributed by atoms with Gasteiger partial charge in [-0.1, -0.05) is 23.7 Å². The van der Waals surface area contributed by atoms with Crippen molar-refractivity contribution in [2.45, 2.75) is 13.5 Å². The molecule has 110 valence electrons. The van der Waals surface area contributed by atoms with E-state index < -0.39 is 0 Å². The second-order valence-corrected chi connectivity index (χ2v) is 4.83. The molecule has 0 aliphatic carbocycles. The van der Waals surface area contributed by atoms with Crippen molar-refractivity contribution in [1.29, 1.82) is 0 Å². The second-order valence-electron chi connectivity index (χ2n) is 4.40. The van der Waals surface area contributed by atoms with Crippen molar-refractivity contribution in [3.05, 3.63) is 53.0 Å². The summed E-state index contributed by atoms with van der Waals surface area (Å²) in [6, 6.07) is 7.76. The van der Waals surface area contributed by atoms with Crippen LogP contribution in [0.3, 0.4) is 0 Å². The average molecular weight is 324 g/mol. The molecule has 3 rings (SSSR count). The summed E-state index contributed by atoms with van der Waals surface area (Å²) in [5, 5.41) is 0.735. The van der Waals surface area contributed by atoms with Gasteiger partial charge in [-0.25, -0.2) is 9.97 Å². The van der Waals surface area contributed by atoms with Gasteiger partial charge in [-0.05, 0) is 24.6 Å². The SMILES string of the molecule is CCN=c1ncn(Cc2ccc(Cl)cc2)c2nc[nH]c12.Cl. The number of benzene rings is 1. The molecule has 1 aromatic carbocycles. The minimum atomic E-state index is 0. The molecule has 0 bridgehead atoms. The van der Waals surface area contributed by atoms with Crippen LogP contribution in [0.15, 0.2) is 41.9 Å². The van der Waals surface area contributed by atoms with Crippen molar-refractivity contribution < 1.29 is 0 Å². The fourth-order valence-corrected chi connectivity index (χ4v) is 2.21. The molecule has 0 atom stereocenters. The van der Waals surface area contributed by atoms with Crippen LogP contribution in [0.4, 0.5) is 0 Å². The highest BCUT2D eigenvalue weighted by molar-refractivity contribution is 6.30. The van der Waals surface area contributed by atoms with E-state index >= 15 is 0 Å². The molecule has 0 aliphatic heterocycles. The molecule has 0 aliphatic rings. The zero-order valence-corrected chi connectivity index (χ0v) is 13.0. The molecule has 0 radical (unpaired) electrons. The lowest BCUT2D eigenvalue weighted by Gasteiger charge is -2.07. The monoisotopic (exact) mass is 323 g/mol. The van der Waals surface area contributed by atoms with Gasteiger partial charge in [0.1, 0.15) is 5.52 Å². The first-order chi connectivity index (χ1) is 9.78. The van der Waals surface area contributed by atoms with Crippen LogP contribution >= 0.6 is 24.0 Å². The Morgan fingerprint density at radius 3 is 2.71 bits per heavy atom. The van der Waals surface area contributed by atoms with Crippen LogP contribution in [0.5, 0.6) is 0 Å². The van der Waals surface area contributed by atoms with Gasteiger partial charge in [-0.3, -0.25) is 4.99 Å². The van der Waals surface area contributed by atoms with E-state index in [1.165, 1.54) is 0 Å². The maximum absolute atomic E-state index is 5.90. The number of nitrogens with zero attached hydrogens (tertiary/aromatic N) is 4. The standard InChI is InChI=1S/C14H14ClN5.ClH/c1-2-16-13-12-14(18-8-17-12)20(9-19-13)7-10-3-5-11(15)6-4-10;/h3-6,8-9H,2,7H2,1H3,(H,17,18);1H. The summed E-state index contributed by atoms with van der Waals surface area (Å²) in [4.78, 5) is 16.2. The third-order valence-electron chi connectivity index (χ3n) is 3.01. The smallest absolute Gasteiger partial charge is 0.176 e. The zero-order valence-electron chi connectivity index (χ0n) is 11.5. The fourth-order valence-electron chi connectivity index (χ4n) is 2.08. The molecule has 0 amide bonds. The van der Waals surface area contributed by atoms with Gasteiger partial charge in [0.2, 0.25) is 0 Å². The number of fused-ring (bicyclic) bond motifs is 1. The van der Waals surface area contributed by atoms with E-state index in [0.717, 1.165) is 21.7 Å². The van der Waals surface area contributed by atoms with E-state index in [1.54, 1.807) is 12.7 Å². The van der Waals surface area contributed by atoms with Crippen LogP contribution in [0.25, 0.3) is 11.2 Å². The second kappa shape index (κ2) is 6.74. The van der Waals surface area contributed by atoms with E-state index in [2.05, 4.69) is 19.9 Å². The molecule has 5 nitrogen and oxygen atoms in total. The number of rotatable bonds is 3. The van der Waals surface area contributed by atoms with Crippen LogP contribution in [0, 0.1) is 0 Å². The van der Waals surface area contributed by atoms with Gasteiger partial charge in [0, 0.05) is 11.6 Å². The quantitative estimate of drug-likeness (QED) is 0.805. The number of aromatic amines is 1. The summed E-state index contributed by atoms with van der Waals surface area (Å²) in [5.74, 6) is 0. The summed E-state index contributed by atoms with van der Waals surface area (Å²) in [5.41, 5.74) is 3.56. The molecule has 7 heteroatoms. The van der Waals surface area contributed by atoms with Crippen molar-refractivity contribution in [2.24, 2.45) is 4.99 Å². The Hall–Kier alpha value is -1.85. The van der Waals surface area contributed by atoms with Gasteiger partial charge in [-0.15, -0.1) is 12.4 Å². The number of halogens is 2. The number of hydrogen-bond acceptors (Lipinski definition) is 3. The van der Waals surface area contributed by atoms with E-state index in [4.69, 9.17) is 11.6 Å². The predicted molar refractivity (Wildman–Crippen MR) is 85.8 cm³/mol. The molecule has 0 fully saturated rings. The fraction of sp³-hybridized carbons (Fsp3) is 0.214. The predicted octanol–water partition coefficient (Wildman–Crippen LogP) is 2.80. The topological polar surface area (TPSA) is 58.9 Å². The maximum Gasteiger partial charge on any atom is 0.176 e. The first kappa shape index (κ1) is 15.5. The summed E-state index contributed by atoms with van der Waals surface area (Å²) in [6.45, 7) is 3.37. The first-order valence-corrected chi connectivity index (χ1v) is 6.79. The van der Waals surface area contributed by atoms with Crippen molar-refractivity contribution in [3.63, 3.8) is 0 Å². The van der Waals surface area contributed by atoms with Gasteiger partial charge >= 0.3 is 0 Å². The number of H-pyrrole nitrogens is 1. The van der Waals surface area contributed by atoms with Crippen LogP contribution in [0.2, 0.25) is 5.02 Å². The summed E-state index contributed by atoms with van der Waals surface area (Å²) < 4.78 is 1.99. The Labute approximate surface area is 133 Å². The van der Waals surface area contributed by atoms with E-state index in [9.17, 15) is 0 Å². The molecule has 0 saturated heterocycles. The van der Waals surface area contributed by atoms with Crippen LogP contribution in [-0.2, 0) is 6.54 Å². The van der Waals surface area contributed by atoms with Crippen LogP contribution in [-0.4, -0.2) is 26.1 Å². The molecule has 21 heavy (non-hydrogen) atoms. The molecule has 0 unspecified atom stereocenters. The lowest BCUT2D eigenvalue weighted by atomic mass is 10.2. The minimum Gasteiger partial charge on any atom is -0.340 e. The van der Waals surface area contributed by atoms with Crippen LogP contribution < -0.4 is 5.49 Å². The molecule has 0 spiro atoms. The average Bonchev–Trinajstić information content (AvgIpc) is 2.94. The largest absolute Gasteiger partial charge is 0.340 e. The molecule has 2 heterocycles. The Bertz CT molecular complexity index is 789. The van der Waals surface area contributed by atoms with Crippen molar-refractivity contribution >= 4 is 35.2 Å². The molecule has 2 aromatic heterocycles. The third kappa shape index (κ3) is 3.25. The lowest BCUT2D eigenvalue weighted by Crippen LogP contribution is -2.15. The van der Waals surface area contributed by atoms with Gasteiger partial charge in [-0.2, -0.15) is 0 Å². The van der Waals surface area contributed by atoms with E-state index in [0.29, 0.717) is 18.6 Å². The van der Waals surface area contributed by atoms with Crippen molar-refractivity contribution in [3.8, 4) is 0 Å². The third-order valence-corrected chi connectivity index (χ3v) is 3.26. The summed E-state index contributed by atoms with van der Waals surface area (Å²) >= 11 is 5.90. The number of hydrogen-bond donors (Lipinski definition) is 1. The Morgan fingerprint density at radius 1 is 1.24 bits per heavy atom. The zero-order chi connectivity index (χ0) is 13.9. The highest BCUT2D eigenvalue weighted by Gasteiger charge is 2.05. The van der Waals surface area contributed by atoms with Gasteiger partial charge < -0.3 is 9.55 Å². The van der Waals surface area contributed by atoms with Gasteiger partial charge in [0.05, 0.1) is 19.2 Å². The summed E-state index contributed by atoms with van der Waals surface area (Å²) in [6.07, 6.45) is 3.44. The number of nitrogens with one attached hydrogen (secondary N) is 1. The maximum atomic E-state index is 5.90. The molecule has 3 aromatic rings. The minimum absolute atomic E-state index is 0. The Kier molecular flexibility index (Phi) is 4.98. The lowest BCUT2D eigenvalue weighted by molar-refractivity contribution is 0.783. The van der Waals surface area contributed by atoms with Crippen molar-refractivity contribution in [1.82, 2.24) is 19.5 Å². The van der Waals surface area contributed by atoms with Gasteiger partial charge in [0.25, 0.3) is 0 Å². The molecule has 1 N–H and O–H groups in total. The van der Waals surface area contributed by atoms with E-state index in [1.807, 2.05) is 35.8 Å². The van der Waals surface area contributed by atoms with Crippen molar-refractivity contribution in [2.75, 3.05) is 6.54 Å². The Morgan fingerprint density at radius 2 is 2.00 bits per heavy atom. The molecular formula is C14H15Cl2N5. The Balaban J connectivity index is 0.00000161.